The predicted octanol–water partition coefficient (Wildman–Crippen LogP) is 5.19. The van der Waals surface area contributed by atoms with Crippen LogP contribution in [-0.2, 0) is 10.0 Å². The van der Waals surface area contributed by atoms with Crippen LogP contribution in [0.5, 0.6) is 0 Å². The van der Waals surface area contributed by atoms with Crippen LogP contribution in [0.3, 0.4) is 0 Å². The van der Waals surface area contributed by atoms with Crippen LogP contribution >= 0.6 is 11.3 Å². The lowest BCUT2D eigenvalue weighted by atomic mass is 9.97. The molecule has 1 heterocycles. The Labute approximate surface area is 173 Å². The van der Waals surface area contributed by atoms with Crippen molar-refractivity contribution < 1.29 is 13.2 Å². The molecule has 0 unspecified atom stereocenters. The molecule has 4 rings (SSSR count). The van der Waals surface area contributed by atoms with E-state index in [0.717, 1.165) is 27.7 Å². The molecule has 1 atom stereocenters. The van der Waals surface area contributed by atoms with Gasteiger partial charge in [0.25, 0.3) is 10.0 Å². The molecule has 0 saturated heterocycles. The van der Waals surface area contributed by atoms with Gasteiger partial charge in [-0.25, -0.2) is 13.1 Å². The smallest absolute Gasteiger partial charge is 0.250 e. The third-order valence-corrected chi connectivity index (χ3v) is 7.59. The van der Waals surface area contributed by atoms with Gasteiger partial charge in [0, 0.05) is 12.0 Å². The Kier molecular flexibility index (Phi) is 5.58. The van der Waals surface area contributed by atoms with Crippen molar-refractivity contribution in [2.75, 3.05) is 0 Å². The van der Waals surface area contributed by atoms with Gasteiger partial charge in [0.2, 0.25) is 0 Å². The highest BCUT2D eigenvalue weighted by molar-refractivity contribution is 7.91. The fourth-order valence-corrected chi connectivity index (χ4v) is 5.47. The molecule has 0 aliphatic heterocycles. The van der Waals surface area contributed by atoms with Gasteiger partial charge in [0.05, 0.1) is 6.04 Å². The first-order valence-electron chi connectivity index (χ1n) is 9.16. The number of carbonyl (C=O) groups excluding carboxylic acids is 1. The Balaban J connectivity index is 1.63. The first-order chi connectivity index (χ1) is 14.0. The molecule has 146 valence electrons. The number of ketones is 1. The van der Waals surface area contributed by atoms with Crippen molar-refractivity contribution >= 4 is 37.9 Å². The summed E-state index contributed by atoms with van der Waals surface area (Å²) in [6.07, 6.45) is 0.0347. The lowest BCUT2D eigenvalue weighted by molar-refractivity contribution is 0.0972. The average Bonchev–Trinajstić information content (AvgIpc) is 3.29. The van der Waals surface area contributed by atoms with E-state index in [0.29, 0.717) is 5.56 Å². The normalized spacial score (nSPS) is 12.7. The van der Waals surface area contributed by atoms with E-state index in [1.807, 2.05) is 66.7 Å². The van der Waals surface area contributed by atoms with Crippen molar-refractivity contribution in [1.82, 2.24) is 4.72 Å². The van der Waals surface area contributed by atoms with Crippen molar-refractivity contribution in [1.29, 1.82) is 0 Å². The van der Waals surface area contributed by atoms with Crippen LogP contribution in [0.25, 0.3) is 10.8 Å². The Morgan fingerprint density at radius 2 is 1.59 bits per heavy atom. The Hall–Kier alpha value is -2.80. The monoisotopic (exact) mass is 421 g/mol. The van der Waals surface area contributed by atoms with Gasteiger partial charge in [-0.2, -0.15) is 0 Å². The van der Waals surface area contributed by atoms with Crippen molar-refractivity contribution in [2.45, 2.75) is 16.7 Å². The minimum atomic E-state index is -3.71. The van der Waals surface area contributed by atoms with Gasteiger partial charge in [-0.1, -0.05) is 72.8 Å². The second-order valence-electron chi connectivity index (χ2n) is 6.71. The highest BCUT2D eigenvalue weighted by atomic mass is 32.2. The number of nitrogens with one attached hydrogen (secondary N) is 1. The van der Waals surface area contributed by atoms with Crippen LogP contribution < -0.4 is 4.72 Å². The van der Waals surface area contributed by atoms with Gasteiger partial charge < -0.3 is 0 Å². The number of thiophene rings is 1. The highest BCUT2D eigenvalue weighted by Gasteiger charge is 2.25. The molecule has 3 aromatic carbocycles. The summed E-state index contributed by atoms with van der Waals surface area (Å²) >= 11 is 1.15. The summed E-state index contributed by atoms with van der Waals surface area (Å²) in [7, 11) is -3.71. The van der Waals surface area contributed by atoms with Crippen LogP contribution in [0.2, 0.25) is 0 Å². The second-order valence-corrected chi connectivity index (χ2v) is 9.59. The van der Waals surface area contributed by atoms with Gasteiger partial charge in [-0.3, -0.25) is 4.79 Å². The minimum absolute atomic E-state index is 0.0347. The number of benzene rings is 3. The summed E-state index contributed by atoms with van der Waals surface area (Å²) in [6.45, 7) is 0. The summed E-state index contributed by atoms with van der Waals surface area (Å²) in [5, 5.41) is 3.75. The SMILES string of the molecule is O=C(C[C@@H](NS(=O)(=O)c1cccs1)c1ccccc1)c1ccc2ccccc2c1. The van der Waals surface area contributed by atoms with E-state index in [9.17, 15) is 13.2 Å². The maximum Gasteiger partial charge on any atom is 0.250 e. The van der Waals surface area contributed by atoms with Gasteiger partial charge in [0.1, 0.15) is 4.21 Å². The number of rotatable bonds is 7. The molecule has 4 aromatic rings. The Morgan fingerprint density at radius 1 is 0.862 bits per heavy atom. The Bertz CT molecular complexity index is 1230. The fourth-order valence-electron chi connectivity index (χ4n) is 3.24. The van der Waals surface area contributed by atoms with E-state index in [1.165, 1.54) is 0 Å². The van der Waals surface area contributed by atoms with E-state index < -0.39 is 16.1 Å². The zero-order valence-corrected chi connectivity index (χ0v) is 17.1. The molecule has 0 bridgehead atoms. The zero-order valence-electron chi connectivity index (χ0n) is 15.5. The molecule has 4 nitrogen and oxygen atoms in total. The molecule has 29 heavy (non-hydrogen) atoms. The number of hydrogen-bond donors (Lipinski definition) is 1. The van der Waals surface area contributed by atoms with Crippen LogP contribution in [-0.4, -0.2) is 14.2 Å². The van der Waals surface area contributed by atoms with Gasteiger partial charge in [-0.05, 0) is 33.8 Å². The van der Waals surface area contributed by atoms with Crippen molar-refractivity contribution in [3.8, 4) is 0 Å². The number of hydrogen-bond acceptors (Lipinski definition) is 4. The molecule has 0 fully saturated rings. The molecule has 6 heteroatoms. The summed E-state index contributed by atoms with van der Waals surface area (Å²) in [4.78, 5) is 13.0. The van der Waals surface area contributed by atoms with E-state index >= 15 is 0 Å². The standard InChI is InChI=1S/C23H19NO3S2/c25-22(20-13-12-17-7-4-5-10-19(17)15-20)16-21(18-8-2-1-3-9-18)24-29(26,27)23-11-6-14-28-23/h1-15,21,24H,16H2/t21-/m1/s1. The predicted molar refractivity (Wildman–Crippen MR) is 117 cm³/mol. The van der Waals surface area contributed by atoms with E-state index in [2.05, 4.69) is 4.72 Å². The van der Waals surface area contributed by atoms with Gasteiger partial charge >= 0.3 is 0 Å². The number of Topliss-reactive ketones (excluding diaryl/α,β-unsaturated/α-hetero) is 1. The van der Waals surface area contributed by atoms with Crippen LogP contribution in [0, 0.1) is 0 Å². The largest absolute Gasteiger partial charge is 0.294 e. The summed E-state index contributed by atoms with van der Waals surface area (Å²) in [5.41, 5.74) is 1.32. The quantitative estimate of drug-likeness (QED) is 0.418. The third-order valence-electron chi connectivity index (χ3n) is 4.72. The van der Waals surface area contributed by atoms with Crippen molar-refractivity contribution in [2.24, 2.45) is 0 Å². The summed E-state index contributed by atoms with van der Waals surface area (Å²) in [6, 6.07) is 25.2. The molecular formula is C23H19NO3S2. The molecule has 0 amide bonds. The maximum atomic E-state index is 13.0. The van der Waals surface area contributed by atoms with Crippen molar-refractivity contribution in [3.63, 3.8) is 0 Å². The van der Waals surface area contributed by atoms with E-state index in [-0.39, 0.29) is 16.4 Å². The molecule has 0 radical (unpaired) electrons. The lowest BCUT2D eigenvalue weighted by Gasteiger charge is -2.18. The number of carbonyl (C=O) groups is 1. The molecular weight excluding hydrogens is 402 g/mol. The minimum Gasteiger partial charge on any atom is -0.294 e. The molecule has 1 aromatic heterocycles. The highest BCUT2D eigenvalue weighted by Crippen LogP contribution is 2.25. The van der Waals surface area contributed by atoms with E-state index in [4.69, 9.17) is 0 Å². The Morgan fingerprint density at radius 3 is 2.31 bits per heavy atom. The van der Waals surface area contributed by atoms with Crippen LogP contribution in [0.15, 0.2) is 94.5 Å². The molecule has 0 saturated carbocycles. The first kappa shape index (κ1) is 19.5. The van der Waals surface area contributed by atoms with E-state index in [1.54, 1.807) is 23.6 Å². The zero-order chi connectivity index (χ0) is 20.3. The fraction of sp³-hybridized carbons (Fsp3) is 0.0870. The van der Waals surface area contributed by atoms with Gasteiger partial charge in [-0.15, -0.1) is 11.3 Å². The van der Waals surface area contributed by atoms with Crippen LogP contribution in [0.4, 0.5) is 0 Å². The third kappa shape index (κ3) is 4.45. The average molecular weight is 422 g/mol. The topological polar surface area (TPSA) is 63.2 Å². The number of sulfonamides is 1. The van der Waals surface area contributed by atoms with Gasteiger partial charge in [0.15, 0.2) is 5.78 Å². The molecule has 0 aliphatic carbocycles. The van der Waals surface area contributed by atoms with Crippen LogP contribution in [0.1, 0.15) is 28.4 Å². The molecule has 1 N–H and O–H groups in total. The molecule has 0 spiro atoms. The first-order valence-corrected chi connectivity index (χ1v) is 11.5. The maximum absolute atomic E-state index is 13.0. The number of fused-ring (bicyclic) bond motifs is 1. The van der Waals surface area contributed by atoms with Crippen molar-refractivity contribution in [3.05, 3.63) is 101 Å². The molecule has 0 aliphatic rings. The summed E-state index contributed by atoms with van der Waals surface area (Å²) < 4.78 is 28.5. The summed E-state index contributed by atoms with van der Waals surface area (Å²) in [5.74, 6) is -0.113. The second kappa shape index (κ2) is 8.29. The lowest BCUT2D eigenvalue weighted by Crippen LogP contribution is -2.30.